The van der Waals surface area contributed by atoms with Gasteiger partial charge in [-0.1, -0.05) is 13.8 Å². The Bertz CT molecular complexity index is 263. The maximum absolute atomic E-state index is 9.21. The molecule has 1 rings (SSSR count). The Morgan fingerprint density at radius 2 is 2.18 bits per heavy atom. The van der Waals surface area contributed by atoms with Crippen LogP contribution in [0.1, 0.15) is 25.5 Å². The Kier molecular flexibility index (Phi) is 2.44. The lowest BCUT2D eigenvalue weighted by atomic mass is 10.1. The molecule has 0 unspecified atom stereocenters. The Hall–Kier alpha value is -0.640. The van der Waals surface area contributed by atoms with E-state index in [0.29, 0.717) is 10.3 Å². The lowest BCUT2D eigenvalue weighted by Crippen LogP contribution is -1.95. The van der Waals surface area contributed by atoms with Crippen LogP contribution < -0.4 is 0 Å². The average molecular weight is 217 g/mol. The van der Waals surface area contributed by atoms with Crippen molar-refractivity contribution in [2.24, 2.45) is 0 Å². The summed E-state index contributed by atoms with van der Waals surface area (Å²) in [5.41, 5.74) is 0.624. The minimum Gasteiger partial charge on any atom is -0.492 e. The standard InChI is InChI=1S/C7H9BrN2O/c1-4(2)6-7(11)9-3-5(8)10-6/h3-4H,1-2H3,(H,9,11). The lowest BCUT2D eigenvalue weighted by molar-refractivity contribution is 0.437. The second kappa shape index (κ2) is 3.17. The van der Waals surface area contributed by atoms with E-state index in [1.165, 1.54) is 6.20 Å². The van der Waals surface area contributed by atoms with E-state index in [0.717, 1.165) is 0 Å². The fourth-order valence-corrected chi connectivity index (χ4v) is 1.06. The SMILES string of the molecule is CC(C)c1nc(Br)cnc1O. The Morgan fingerprint density at radius 1 is 1.55 bits per heavy atom. The maximum Gasteiger partial charge on any atom is 0.233 e. The molecule has 11 heavy (non-hydrogen) atoms. The largest absolute Gasteiger partial charge is 0.492 e. The zero-order valence-corrected chi connectivity index (χ0v) is 7.96. The molecule has 0 radical (unpaired) electrons. The number of hydrogen-bond donors (Lipinski definition) is 1. The maximum atomic E-state index is 9.21. The molecule has 0 saturated heterocycles. The van der Waals surface area contributed by atoms with Gasteiger partial charge in [-0.15, -0.1) is 0 Å². The summed E-state index contributed by atoms with van der Waals surface area (Å²) in [7, 11) is 0. The molecule has 0 aromatic carbocycles. The lowest BCUT2D eigenvalue weighted by Gasteiger charge is -2.04. The molecular formula is C7H9BrN2O. The van der Waals surface area contributed by atoms with Gasteiger partial charge in [-0.2, -0.15) is 0 Å². The van der Waals surface area contributed by atoms with Gasteiger partial charge in [0, 0.05) is 5.92 Å². The van der Waals surface area contributed by atoms with E-state index < -0.39 is 0 Å². The van der Waals surface area contributed by atoms with E-state index in [1.807, 2.05) is 13.8 Å². The first-order chi connectivity index (χ1) is 5.11. The van der Waals surface area contributed by atoms with E-state index >= 15 is 0 Å². The molecule has 1 aromatic rings. The van der Waals surface area contributed by atoms with Gasteiger partial charge in [0.25, 0.3) is 0 Å². The van der Waals surface area contributed by atoms with Crippen molar-refractivity contribution in [3.05, 3.63) is 16.5 Å². The number of rotatable bonds is 1. The second-order valence-corrected chi connectivity index (χ2v) is 3.37. The van der Waals surface area contributed by atoms with Gasteiger partial charge in [0.15, 0.2) is 0 Å². The molecule has 0 aliphatic carbocycles. The molecule has 0 aliphatic rings. The van der Waals surface area contributed by atoms with Crippen molar-refractivity contribution >= 4 is 15.9 Å². The van der Waals surface area contributed by atoms with E-state index in [2.05, 4.69) is 25.9 Å². The smallest absolute Gasteiger partial charge is 0.233 e. The average Bonchev–Trinajstić information content (AvgIpc) is 1.94. The molecule has 0 aliphatic heterocycles. The highest BCUT2D eigenvalue weighted by Gasteiger charge is 2.08. The second-order valence-electron chi connectivity index (χ2n) is 2.56. The number of hydrogen-bond acceptors (Lipinski definition) is 3. The highest BCUT2D eigenvalue weighted by atomic mass is 79.9. The summed E-state index contributed by atoms with van der Waals surface area (Å²) in [6.45, 7) is 3.91. The van der Waals surface area contributed by atoms with Crippen molar-refractivity contribution in [1.29, 1.82) is 0 Å². The van der Waals surface area contributed by atoms with E-state index in [-0.39, 0.29) is 11.8 Å². The van der Waals surface area contributed by atoms with E-state index in [4.69, 9.17) is 0 Å². The Morgan fingerprint density at radius 3 is 2.64 bits per heavy atom. The van der Waals surface area contributed by atoms with Gasteiger partial charge in [-0.25, -0.2) is 9.97 Å². The predicted molar refractivity (Wildman–Crippen MR) is 45.5 cm³/mol. The number of aromatic nitrogens is 2. The first-order valence-corrected chi connectivity index (χ1v) is 4.12. The molecule has 0 amide bonds. The molecular weight excluding hydrogens is 208 g/mol. The monoisotopic (exact) mass is 216 g/mol. The fraction of sp³-hybridized carbons (Fsp3) is 0.429. The normalized spacial score (nSPS) is 10.5. The van der Waals surface area contributed by atoms with Crippen LogP contribution >= 0.6 is 15.9 Å². The van der Waals surface area contributed by atoms with Crippen LogP contribution in [0.5, 0.6) is 5.88 Å². The molecule has 4 heteroatoms. The zero-order valence-electron chi connectivity index (χ0n) is 6.37. The van der Waals surface area contributed by atoms with Gasteiger partial charge in [-0.05, 0) is 15.9 Å². The number of nitrogens with zero attached hydrogens (tertiary/aromatic N) is 2. The van der Waals surface area contributed by atoms with Gasteiger partial charge >= 0.3 is 0 Å². The highest BCUT2D eigenvalue weighted by molar-refractivity contribution is 9.10. The molecule has 0 atom stereocenters. The summed E-state index contributed by atoms with van der Waals surface area (Å²) >= 11 is 3.18. The van der Waals surface area contributed by atoms with Crippen LogP contribution in [0.4, 0.5) is 0 Å². The van der Waals surface area contributed by atoms with Crippen LogP contribution in [0, 0.1) is 0 Å². The van der Waals surface area contributed by atoms with Gasteiger partial charge < -0.3 is 5.11 Å². The Balaban J connectivity index is 3.13. The first-order valence-electron chi connectivity index (χ1n) is 3.32. The van der Waals surface area contributed by atoms with Crippen LogP contribution in [-0.4, -0.2) is 15.1 Å². The molecule has 0 saturated carbocycles. The van der Waals surface area contributed by atoms with E-state index in [1.54, 1.807) is 0 Å². The molecule has 0 fully saturated rings. The van der Waals surface area contributed by atoms with Crippen LogP contribution in [-0.2, 0) is 0 Å². The Labute approximate surface area is 73.6 Å². The third-order valence-electron chi connectivity index (χ3n) is 1.30. The molecule has 3 nitrogen and oxygen atoms in total. The predicted octanol–water partition coefficient (Wildman–Crippen LogP) is 2.07. The van der Waals surface area contributed by atoms with Crippen LogP contribution in [0.3, 0.4) is 0 Å². The van der Waals surface area contributed by atoms with Crippen molar-refractivity contribution in [2.45, 2.75) is 19.8 Å². The minimum absolute atomic E-state index is 0.0169. The summed E-state index contributed by atoms with van der Waals surface area (Å²) in [5, 5.41) is 9.21. The van der Waals surface area contributed by atoms with Gasteiger partial charge in [0.1, 0.15) is 10.3 Å². The van der Waals surface area contributed by atoms with Crippen LogP contribution in [0.25, 0.3) is 0 Å². The quantitative estimate of drug-likeness (QED) is 0.783. The first kappa shape index (κ1) is 8.46. The number of aromatic hydroxyl groups is 1. The summed E-state index contributed by atoms with van der Waals surface area (Å²) in [6.07, 6.45) is 1.47. The fourth-order valence-electron chi connectivity index (χ4n) is 0.762. The van der Waals surface area contributed by atoms with Crippen molar-refractivity contribution < 1.29 is 5.11 Å². The molecule has 1 aromatic heterocycles. The molecule has 1 N–H and O–H groups in total. The topological polar surface area (TPSA) is 46.0 Å². The van der Waals surface area contributed by atoms with Gasteiger partial charge in [0.05, 0.1) is 6.20 Å². The highest BCUT2D eigenvalue weighted by Crippen LogP contribution is 2.21. The van der Waals surface area contributed by atoms with Gasteiger partial charge in [-0.3, -0.25) is 0 Å². The van der Waals surface area contributed by atoms with Crippen molar-refractivity contribution in [3.8, 4) is 5.88 Å². The van der Waals surface area contributed by atoms with E-state index in [9.17, 15) is 5.11 Å². The zero-order chi connectivity index (χ0) is 8.43. The summed E-state index contributed by atoms with van der Waals surface area (Å²) in [5.74, 6) is 0.211. The van der Waals surface area contributed by atoms with Crippen molar-refractivity contribution in [1.82, 2.24) is 9.97 Å². The number of halogens is 1. The minimum atomic E-state index is 0.0169. The summed E-state index contributed by atoms with van der Waals surface area (Å²) < 4.78 is 0.652. The van der Waals surface area contributed by atoms with Crippen molar-refractivity contribution in [3.63, 3.8) is 0 Å². The molecule has 60 valence electrons. The van der Waals surface area contributed by atoms with Crippen LogP contribution in [0.15, 0.2) is 10.8 Å². The third kappa shape index (κ3) is 1.89. The molecule has 0 spiro atoms. The molecule has 0 bridgehead atoms. The van der Waals surface area contributed by atoms with Crippen molar-refractivity contribution in [2.75, 3.05) is 0 Å². The summed E-state index contributed by atoms with van der Waals surface area (Å²) in [4.78, 5) is 7.82. The summed E-state index contributed by atoms with van der Waals surface area (Å²) in [6, 6.07) is 0. The molecule has 1 heterocycles. The van der Waals surface area contributed by atoms with Crippen LogP contribution in [0.2, 0.25) is 0 Å². The van der Waals surface area contributed by atoms with Gasteiger partial charge in [0.2, 0.25) is 5.88 Å². The third-order valence-corrected chi connectivity index (χ3v) is 1.68.